The Bertz CT molecular complexity index is 541. The molecule has 90 valence electrons. The zero-order valence-corrected chi connectivity index (χ0v) is 9.73. The quantitative estimate of drug-likeness (QED) is 0.823. The number of aromatic nitrogens is 2. The van der Waals surface area contributed by atoms with Gasteiger partial charge in [-0.25, -0.2) is 0 Å². The van der Waals surface area contributed by atoms with Gasteiger partial charge in [-0.3, -0.25) is 9.48 Å². The summed E-state index contributed by atoms with van der Waals surface area (Å²) in [6.07, 6.45) is 3.12. The number of hydrogen-bond acceptors (Lipinski definition) is 4. The third kappa shape index (κ3) is 2.15. The third-order valence-corrected chi connectivity index (χ3v) is 2.57. The molecule has 2 heterocycles. The normalized spacial score (nSPS) is 10.5. The maximum Gasteiger partial charge on any atom is 0.287 e. The van der Waals surface area contributed by atoms with E-state index in [0.717, 1.165) is 11.1 Å². The Morgan fingerprint density at radius 3 is 2.94 bits per heavy atom. The van der Waals surface area contributed by atoms with Crippen LogP contribution in [0.4, 0.5) is 5.82 Å². The minimum Gasteiger partial charge on any atom is -0.459 e. The molecule has 2 aromatic rings. The number of carbonyl (C=O) groups excluding carboxylic acids is 1. The summed E-state index contributed by atoms with van der Waals surface area (Å²) in [5.41, 5.74) is 7.35. The molecule has 0 saturated heterocycles. The zero-order chi connectivity index (χ0) is 12.4. The van der Waals surface area contributed by atoms with Gasteiger partial charge in [0.25, 0.3) is 5.91 Å². The van der Waals surface area contributed by atoms with E-state index in [1.165, 1.54) is 6.26 Å². The summed E-state index contributed by atoms with van der Waals surface area (Å²) >= 11 is 0. The lowest BCUT2D eigenvalue weighted by Crippen LogP contribution is -2.23. The molecule has 0 aliphatic heterocycles. The van der Waals surface area contributed by atoms with Gasteiger partial charge in [0.1, 0.15) is 5.82 Å². The highest BCUT2D eigenvalue weighted by molar-refractivity contribution is 5.92. The van der Waals surface area contributed by atoms with Gasteiger partial charge in [-0.05, 0) is 13.0 Å². The van der Waals surface area contributed by atoms with Crippen molar-refractivity contribution in [2.75, 3.05) is 5.73 Å². The summed E-state index contributed by atoms with van der Waals surface area (Å²) in [6, 6.07) is 1.74. The number of hydrogen-bond donors (Lipinski definition) is 2. The Hall–Kier alpha value is -2.24. The smallest absolute Gasteiger partial charge is 0.287 e. The Morgan fingerprint density at radius 2 is 2.41 bits per heavy atom. The number of rotatable bonds is 3. The van der Waals surface area contributed by atoms with E-state index in [9.17, 15) is 4.79 Å². The Kier molecular flexibility index (Phi) is 2.86. The van der Waals surface area contributed by atoms with Crippen molar-refractivity contribution in [1.29, 1.82) is 0 Å². The highest BCUT2D eigenvalue weighted by Gasteiger charge is 2.13. The fraction of sp³-hybridized carbons (Fsp3) is 0.273. The molecule has 0 aliphatic carbocycles. The van der Waals surface area contributed by atoms with Crippen molar-refractivity contribution in [3.05, 3.63) is 35.4 Å². The topological polar surface area (TPSA) is 86.1 Å². The van der Waals surface area contributed by atoms with Crippen LogP contribution in [0.3, 0.4) is 0 Å². The largest absolute Gasteiger partial charge is 0.459 e. The second-order valence-corrected chi connectivity index (χ2v) is 3.79. The van der Waals surface area contributed by atoms with Crippen LogP contribution in [0.1, 0.15) is 21.7 Å². The molecule has 0 spiro atoms. The second-order valence-electron chi connectivity index (χ2n) is 3.79. The molecule has 0 aromatic carbocycles. The molecule has 17 heavy (non-hydrogen) atoms. The molecule has 0 fully saturated rings. The Balaban J connectivity index is 2.02. The second kappa shape index (κ2) is 4.32. The molecule has 0 atom stereocenters. The summed E-state index contributed by atoms with van der Waals surface area (Å²) in [5, 5.41) is 6.72. The Labute approximate surface area is 98.4 Å². The molecule has 0 aliphatic rings. The van der Waals surface area contributed by atoms with Crippen LogP contribution in [0.25, 0.3) is 0 Å². The molecule has 0 unspecified atom stereocenters. The highest BCUT2D eigenvalue weighted by atomic mass is 16.3. The highest BCUT2D eigenvalue weighted by Crippen LogP contribution is 2.11. The fourth-order valence-electron chi connectivity index (χ4n) is 1.49. The molecule has 0 radical (unpaired) electrons. The number of anilines is 1. The van der Waals surface area contributed by atoms with Gasteiger partial charge in [0, 0.05) is 24.7 Å². The number of nitrogens with one attached hydrogen (secondary N) is 1. The molecule has 1 amide bonds. The van der Waals surface area contributed by atoms with Crippen LogP contribution < -0.4 is 11.1 Å². The molecule has 3 N–H and O–H groups in total. The summed E-state index contributed by atoms with van der Waals surface area (Å²) in [6.45, 7) is 2.15. The van der Waals surface area contributed by atoms with Crippen LogP contribution in [0.2, 0.25) is 0 Å². The summed E-state index contributed by atoms with van der Waals surface area (Å²) < 4.78 is 6.64. The molecular formula is C11H14N4O2. The van der Waals surface area contributed by atoms with Crippen LogP contribution in [0.5, 0.6) is 0 Å². The van der Waals surface area contributed by atoms with Gasteiger partial charge >= 0.3 is 0 Å². The van der Waals surface area contributed by atoms with E-state index in [-0.39, 0.29) is 5.91 Å². The maximum absolute atomic E-state index is 11.7. The Morgan fingerprint density at radius 1 is 1.65 bits per heavy atom. The van der Waals surface area contributed by atoms with Crippen LogP contribution in [-0.2, 0) is 13.6 Å². The average molecular weight is 234 g/mol. The number of aryl methyl sites for hydroxylation is 2. The lowest BCUT2D eigenvalue weighted by atomic mass is 10.2. The molecular weight excluding hydrogens is 220 g/mol. The van der Waals surface area contributed by atoms with Crippen LogP contribution in [0, 0.1) is 6.92 Å². The predicted molar refractivity (Wildman–Crippen MR) is 62.2 cm³/mol. The molecule has 2 rings (SSSR count). The standard InChI is InChI=1S/C11H14N4O2/c1-7-3-4-17-9(7)11(16)13-5-8-6-14-15(2)10(8)12/h3-4,6H,5,12H2,1-2H3,(H,13,16). The van der Waals surface area contributed by atoms with Crippen molar-refractivity contribution in [2.45, 2.75) is 13.5 Å². The molecule has 0 saturated carbocycles. The number of nitrogens with two attached hydrogens (primary N) is 1. The number of nitrogen functional groups attached to an aromatic ring is 1. The maximum atomic E-state index is 11.7. The first-order valence-electron chi connectivity index (χ1n) is 5.18. The molecule has 2 aromatic heterocycles. The van der Waals surface area contributed by atoms with Gasteiger partial charge in [-0.15, -0.1) is 0 Å². The third-order valence-electron chi connectivity index (χ3n) is 2.57. The van der Waals surface area contributed by atoms with E-state index in [1.807, 2.05) is 6.92 Å². The van der Waals surface area contributed by atoms with Crippen LogP contribution in [-0.4, -0.2) is 15.7 Å². The minimum atomic E-state index is -0.254. The first kappa shape index (κ1) is 11.3. The summed E-state index contributed by atoms with van der Waals surface area (Å²) in [5.74, 6) is 0.615. The summed E-state index contributed by atoms with van der Waals surface area (Å²) in [4.78, 5) is 11.7. The lowest BCUT2D eigenvalue weighted by molar-refractivity contribution is 0.0922. The van der Waals surface area contributed by atoms with Crippen molar-refractivity contribution in [2.24, 2.45) is 7.05 Å². The van der Waals surface area contributed by atoms with Crippen molar-refractivity contribution in [1.82, 2.24) is 15.1 Å². The van der Waals surface area contributed by atoms with Crippen LogP contribution >= 0.6 is 0 Å². The minimum absolute atomic E-state index is 0.254. The predicted octanol–water partition coefficient (Wildman–Crippen LogP) is 0.834. The number of carbonyl (C=O) groups is 1. The molecule has 6 heteroatoms. The van der Waals surface area contributed by atoms with Crippen molar-refractivity contribution >= 4 is 11.7 Å². The van der Waals surface area contributed by atoms with Crippen molar-refractivity contribution in [3.8, 4) is 0 Å². The van der Waals surface area contributed by atoms with E-state index >= 15 is 0 Å². The number of nitrogens with zero attached hydrogens (tertiary/aromatic N) is 2. The van der Waals surface area contributed by atoms with Gasteiger partial charge in [0.05, 0.1) is 12.5 Å². The van der Waals surface area contributed by atoms with Gasteiger partial charge < -0.3 is 15.5 Å². The van der Waals surface area contributed by atoms with Crippen LogP contribution in [0.15, 0.2) is 22.9 Å². The zero-order valence-electron chi connectivity index (χ0n) is 9.73. The lowest BCUT2D eigenvalue weighted by Gasteiger charge is -2.03. The van der Waals surface area contributed by atoms with E-state index in [0.29, 0.717) is 18.1 Å². The van der Waals surface area contributed by atoms with E-state index in [1.54, 1.807) is 24.0 Å². The molecule has 6 nitrogen and oxygen atoms in total. The van der Waals surface area contributed by atoms with Crippen molar-refractivity contribution < 1.29 is 9.21 Å². The van der Waals surface area contributed by atoms with Gasteiger partial charge in [-0.1, -0.05) is 0 Å². The first-order chi connectivity index (χ1) is 8.09. The monoisotopic (exact) mass is 234 g/mol. The van der Waals surface area contributed by atoms with E-state index in [4.69, 9.17) is 10.2 Å². The first-order valence-corrected chi connectivity index (χ1v) is 5.18. The molecule has 0 bridgehead atoms. The van der Waals surface area contributed by atoms with Gasteiger partial charge in [0.2, 0.25) is 0 Å². The average Bonchev–Trinajstić information content (AvgIpc) is 2.85. The SMILES string of the molecule is Cc1ccoc1C(=O)NCc1cnn(C)c1N. The van der Waals surface area contributed by atoms with E-state index in [2.05, 4.69) is 10.4 Å². The fourth-order valence-corrected chi connectivity index (χ4v) is 1.49. The van der Waals surface area contributed by atoms with Gasteiger partial charge in [-0.2, -0.15) is 5.10 Å². The number of furan rings is 1. The van der Waals surface area contributed by atoms with E-state index < -0.39 is 0 Å². The van der Waals surface area contributed by atoms with Gasteiger partial charge in [0.15, 0.2) is 5.76 Å². The number of amides is 1. The summed E-state index contributed by atoms with van der Waals surface area (Å²) in [7, 11) is 1.75. The van der Waals surface area contributed by atoms with Crippen molar-refractivity contribution in [3.63, 3.8) is 0 Å².